The molecule has 3 heterocycles. The normalized spacial score (nSPS) is 13.9. The van der Waals surface area contributed by atoms with Gasteiger partial charge in [0.05, 0.1) is 17.1 Å². The van der Waals surface area contributed by atoms with E-state index in [4.69, 9.17) is 0 Å². The van der Waals surface area contributed by atoms with Gasteiger partial charge < -0.3 is 20.4 Å². The van der Waals surface area contributed by atoms with Crippen molar-refractivity contribution in [1.29, 1.82) is 0 Å². The van der Waals surface area contributed by atoms with Crippen LogP contribution in [0, 0.1) is 11.6 Å². The number of piperazine rings is 1. The van der Waals surface area contributed by atoms with E-state index in [1.165, 1.54) is 35.3 Å². The van der Waals surface area contributed by atoms with Crippen LogP contribution < -0.4 is 21.1 Å². The van der Waals surface area contributed by atoms with E-state index in [-0.39, 0.29) is 28.4 Å². The molecule has 194 valence electrons. The first-order valence-electron chi connectivity index (χ1n) is 11.8. The van der Waals surface area contributed by atoms with Gasteiger partial charge in [0.2, 0.25) is 11.9 Å². The van der Waals surface area contributed by atoms with E-state index in [1.54, 1.807) is 6.07 Å². The van der Waals surface area contributed by atoms with Crippen LogP contribution in [-0.2, 0) is 4.79 Å². The fraction of sp³-hybridized carbons (Fsp3) is 0.192. The number of aromatic nitrogens is 4. The van der Waals surface area contributed by atoms with E-state index in [0.717, 1.165) is 44.0 Å². The number of hydrogen-bond donors (Lipinski definition) is 2. The first kappa shape index (κ1) is 25.0. The number of amides is 1. The molecule has 0 bridgehead atoms. The van der Waals surface area contributed by atoms with Crippen molar-refractivity contribution in [2.75, 3.05) is 48.8 Å². The molecule has 10 nitrogen and oxygen atoms in total. The number of nitrogens with one attached hydrogen (secondary N) is 2. The molecule has 0 unspecified atom stereocenters. The van der Waals surface area contributed by atoms with Crippen LogP contribution in [0.3, 0.4) is 0 Å². The molecule has 1 saturated heterocycles. The monoisotopic (exact) mass is 518 g/mol. The number of rotatable bonds is 6. The van der Waals surface area contributed by atoms with E-state index in [9.17, 15) is 14.0 Å². The molecule has 1 aliphatic rings. The SMILES string of the molecule is C=CC(=O)Nc1cc(-n2cnc(=O)c3cnc(Nc4ccc(N5CCN(C)CC5)cc4F)nc32)ccc1F. The molecule has 1 aliphatic heterocycles. The van der Waals surface area contributed by atoms with Crippen LogP contribution in [0.1, 0.15) is 0 Å². The first-order chi connectivity index (χ1) is 18.3. The van der Waals surface area contributed by atoms with Gasteiger partial charge in [-0.3, -0.25) is 14.2 Å². The molecule has 5 rings (SSSR count). The first-order valence-corrected chi connectivity index (χ1v) is 11.8. The summed E-state index contributed by atoms with van der Waals surface area (Å²) in [5.74, 6) is -1.67. The zero-order valence-electron chi connectivity index (χ0n) is 20.5. The van der Waals surface area contributed by atoms with Crippen LogP contribution in [0.5, 0.6) is 0 Å². The smallest absolute Gasteiger partial charge is 0.283 e. The molecule has 2 aromatic heterocycles. The molecule has 1 fully saturated rings. The number of carbonyl (C=O) groups is 1. The van der Waals surface area contributed by atoms with Gasteiger partial charge in [0.15, 0.2) is 5.65 Å². The Kier molecular flexibility index (Phi) is 6.79. The fourth-order valence-electron chi connectivity index (χ4n) is 4.12. The Morgan fingerprint density at radius 1 is 1.00 bits per heavy atom. The minimum atomic E-state index is -0.658. The van der Waals surface area contributed by atoms with Crippen molar-refractivity contribution in [3.8, 4) is 5.69 Å². The van der Waals surface area contributed by atoms with E-state index in [0.29, 0.717) is 5.69 Å². The lowest BCUT2D eigenvalue weighted by molar-refractivity contribution is -0.111. The Morgan fingerprint density at radius 3 is 2.50 bits per heavy atom. The van der Waals surface area contributed by atoms with E-state index in [2.05, 4.69) is 49.0 Å². The maximum Gasteiger partial charge on any atom is 0.283 e. The lowest BCUT2D eigenvalue weighted by Crippen LogP contribution is -2.44. The van der Waals surface area contributed by atoms with Gasteiger partial charge in [0.25, 0.3) is 5.56 Å². The molecule has 12 heteroatoms. The summed E-state index contributed by atoms with van der Waals surface area (Å²) < 4.78 is 30.7. The summed E-state index contributed by atoms with van der Waals surface area (Å²) in [5, 5.41) is 5.36. The second kappa shape index (κ2) is 10.3. The van der Waals surface area contributed by atoms with Crippen LogP contribution in [0.25, 0.3) is 16.7 Å². The van der Waals surface area contributed by atoms with Gasteiger partial charge in [0, 0.05) is 38.1 Å². The molecule has 2 N–H and O–H groups in total. The summed E-state index contributed by atoms with van der Waals surface area (Å²) >= 11 is 0. The summed E-state index contributed by atoms with van der Waals surface area (Å²) in [5.41, 5.74) is 0.833. The Labute approximate surface area is 216 Å². The van der Waals surface area contributed by atoms with Gasteiger partial charge >= 0.3 is 0 Å². The average molecular weight is 519 g/mol. The summed E-state index contributed by atoms with van der Waals surface area (Å²) in [6.07, 6.45) is 3.54. The van der Waals surface area contributed by atoms with Crippen molar-refractivity contribution < 1.29 is 13.6 Å². The number of likely N-dealkylation sites (N-methyl/N-ethyl adjacent to an activating group) is 1. The molecule has 1 amide bonds. The van der Waals surface area contributed by atoms with Crippen LogP contribution in [0.4, 0.5) is 31.8 Å². The van der Waals surface area contributed by atoms with Gasteiger partial charge in [-0.1, -0.05) is 6.58 Å². The van der Waals surface area contributed by atoms with Crippen LogP contribution in [0.2, 0.25) is 0 Å². The summed E-state index contributed by atoms with van der Waals surface area (Å²) in [6, 6.07) is 8.88. The van der Waals surface area contributed by atoms with Crippen molar-refractivity contribution >= 4 is 40.0 Å². The van der Waals surface area contributed by atoms with Crippen molar-refractivity contribution in [2.45, 2.75) is 0 Å². The molecule has 38 heavy (non-hydrogen) atoms. The highest BCUT2D eigenvalue weighted by Gasteiger charge is 2.17. The number of nitrogens with zero attached hydrogens (tertiary/aromatic N) is 6. The minimum absolute atomic E-state index is 0.0467. The Balaban J connectivity index is 1.47. The number of halogens is 2. The van der Waals surface area contributed by atoms with Gasteiger partial charge in [-0.05, 0) is 49.5 Å². The minimum Gasteiger partial charge on any atom is -0.369 e. The van der Waals surface area contributed by atoms with Gasteiger partial charge in [-0.25, -0.2) is 13.8 Å². The zero-order valence-corrected chi connectivity index (χ0v) is 20.5. The molecule has 0 atom stereocenters. The van der Waals surface area contributed by atoms with Crippen molar-refractivity contribution in [1.82, 2.24) is 24.4 Å². The zero-order chi connectivity index (χ0) is 26.8. The van der Waals surface area contributed by atoms with Crippen molar-refractivity contribution in [3.05, 3.63) is 83.6 Å². The number of fused-ring (bicyclic) bond motifs is 1. The summed E-state index contributed by atoms with van der Waals surface area (Å²) in [4.78, 5) is 40.8. The van der Waals surface area contributed by atoms with Crippen molar-refractivity contribution in [3.63, 3.8) is 0 Å². The molecule has 4 aromatic rings. The molecule has 0 aliphatic carbocycles. The van der Waals surface area contributed by atoms with E-state index >= 15 is 4.39 Å². The number of hydrogen-bond acceptors (Lipinski definition) is 8. The maximum atomic E-state index is 15.0. The summed E-state index contributed by atoms with van der Waals surface area (Å²) in [6.45, 7) is 6.78. The quantitative estimate of drug-likeness (QED) is 0.375. The molecule has 2 aromatic carbocycles. The maximum absolute atomic E-state index is 15.0. The van der Waals surface area contributed by atoms with Gasteiger partial charge in [0.1, 0.15) is 23.3 Å². The third-order valence-electron chi connectivity index (χ3n) is 6.26. The lowest BCUT2D eigenvalue weighted by Gasteiger charge is -2.34. The highest BCUT2D eigenvalue weighted by atomic mass is 19.1. The predicted molar refractivity (Wildman–Crippen MR) is 141 cm³/mol. The Bertz CT molecular complexity index is 1600. The topological polar surface area (TPSA) is 108 Å². The fourth-order valence-corrected chi connectivity index (χ4v) is 4.12. The lowest BCUT2D eigenvalue weighted by atomic mass is 10.2. The average Bonchev–Trinajstić information content (AvgIpc) is 2.92. The van der Waals surface area contributed by atoms with Gasteiger partial charge in [-0.15, -0.1) is 0 Å². The highest BCUT2D eigenvalue weighted by molar-refractivity contribution is 5.99. The van der Waals surface area contributed by atoms with Crippen molar-refractivity contribution in [2.24, 2.45) is 0 Å². The molecule has 0 saturated carbocycles. The molecular formula is C26H24F2N8O2. The van der Waals surface area contributed by atoms with E-state index < -0.39 is 23.1 Å². The van der Waals surface area contributed by atoms with E-state index in [1.807, 2.05) is 6.07 Å². The molecular weight excluding hydrogens is 494 g/mol. The molecule has 0 spiro atoms. The second-order valence-electron chi connectivity index (χ2n) is 8.79. The number of anilines is 4. The molecule has 0 radical (unpaired) electrons. The largest absolute Gasteiger partial charge is 0.369 e. The second-order valence-corrected chi connectivity index (χ2v) is 8.79. The number of benzene rings is 2. The third kappa shape index (κ3) is 5.06. The third-order valence-corrected chi connectivity index (χ3v) is 6.26. The predicted octanol–water partition coefficient (Wildman–Crippen LogP) is 3.07. The Hall–Kier alpha value is -4.71. The van der Waals surface area contributed by atoms with Crippen LogP contribution in [-0.4, -0.2) is 63.6 Å². The van der Waals surface area contributed by atoms with Crippen LogP contribution in [0.15, 0.2) is 66.4 Å². The summed E-state index contributed by atoms with van der Waals surface area (Å²) in [7, 11) is 2.06. The van der Waals surface area contributed by atoms with Crippen LogP contribution >= 0.6 is 0 Å². The standard InChI is InChI=1S/C26H24F2N8O2/c1-3-23(37)31-22-13-17(4-6-19(22)27)36-15-30-25(38)18-14-29-26(33-24(18)36)32-21-7-5-16(12-20(21)28)35-10-8-34(2)9-11-35/h3-7,12-15H,1,8-11H2,2H3,(H,31,37)(H,29,32,33). The van der Waals surface area contributed by atoms with Gasteiger partial charge in [-0.2, -0.15) is 9.97 Å². The highest BCUT2D eigenvalue weighted by Crippen LogP contribution is 2.26. The number of carbonyl (C=O) groups excluding carboxylic acids is 1. The Morgan fingerprint density at radius 2 is 1.76 bits per heavy atom.